The van der Waals surface area contributed by atoms with Gasteiger partial charge in [0.25, 0.3) is 0 Å². The van der Waals surface area contributed by atoms with Gasteiger partial charge in [-0.3, -0.25) is 4.79 Å². The van der Waals surface area contributed by atoms with Crippen molar-refractivity contribution in [3.05, 3.63) is 34.3 Å². The average molecular weight is 339 g/mol. The van der Waals surface area contributed by atoms with Crippen LogP contribution in [0.5, 0.6) is 0 Å². The standard InChI is InChI=1S/C16H23BrN2O/c1-2-19(15-5-3-4-13(15)11-18)16(20)10-12-6-8-14(17)9-7-12/h6-9,13,15H,2-5,10-11,18H2,1H3. The van der Waals surface area contributed by atoms with Crippen LogP contribution in [0.15, 0.2) is 28.7 Å². The molecule has 0 aromatic heterocycles. The molecule has 1 aliphatic carbocycles. The number of hydrogen-bond donors (Lipinski definition) is 1. The third kappa shape index (κ3) is 3.61. The van der Waals surface area contributed by atoms with Gasteiger partial charge in [0, 0.05) is 17.1 Å². The minimum Gasteiger partial charge on any atom is -0.339 e. The zero-order valence-corrected chi connectivity index (χ0v) is 13.6. The van der Waals surface area contributed by atoms with Gasteiger partial charge in [0.2, 0.25) is 5.91 Å². The van der Waals surface area contributed by atoms with Gasteiger partial charge in [0.05, 0.1) is 6.42 Å². The SMILES string of the molecule is CCN(C(=O)Cc1ccc(Br)cc1)C1CCCC1CN. The minimum absolute atomic E-state index is 0.222. The Morgan fingerprint density at radius 2 is 2.05 bits per heavy atom. The maximum absolute atomic E-state index is 12.6. The molecule has 0 spiro atoms. The minimum atomic E-state index is 0.222. The van der Waals surface area contributed by atoms with Gasteiger partial charge in [-0.1, -0.05) is 34.5 Å². The van der Waals surface area contributed by atoms with Crippen LogP contribution in [0, 0.1) is 5.92 Å². The van der Waals surface area contributed by atoms with Crippen LogP contribution in [-0.4, -0.2) is 29.9 Å². The van der Waals surface area contributed by atoms with Gasteiger partial charge in [-0.15, -0.1) is 0 Å². The molecular weight excluding hydrogens is 316 g/mol. The Morgan fingerprint density at radius 1 is 1.35 bits per heavy atom. The quantitative estimate of drug-likeness (QED) is 0.897. The van der Waals surface area contributed by atoms with Crippen molar-refractivity contribution in [3.8, 4) is 0 Å². The lowest BCUT2D eigenvalue weighted by molar-refractivity contribution is -0.133. The van der Waals surface area contributed by atoms with E-state index in [0.29, 0.717) is 24.9 Å². The fourth-order valence-electron chi connectivity index (χ4n) is 3.18. The molecule has 110 valence electrons. The van der Waals surface area contributed by atoms with Crippen LogP contribution in [0.1, 0.15) is 31.7 Å². The highest BCUT2D eigenvalue weighted by atomic mass is 79.9. The van der Waals surface area contributed by atoms with E-state index in [0.717, 1.165) is 29.4 Å². The lowest BCUT2D eigenvalue weighted by Gasteiger charge is -2.32. The van der Waals surface area contributed by atoms with Crippen LogP contribution in [0.2, 0.25) is 0 Å². The first-order valence-electron chi connectivity index (χ1n) is 7.39. The highest BCUT2D eigenvalue weighted by molar-refractivity contribution is 9.10. The summed E-state index contributed by atoms with van der Waals surface area (Å²) >= 11 is 3.42. The highest BCUT2D eigenvalue weighted by Crippen LogP contribution is 2.29. The smallest absolute Gasteiger partial charge is 0.227 e. The molecule has 0 saturated heterocycles. The Hall–Kier alpha value is -0.870. The summed E-state index contributed by atoms with van der Waals surface area (Å²) in [7, 11) is 0. The van der Waals surface area contributed by atoms with Gasteiger partial charge in [-0.2, -0.15) is 0 Å². The van der Waals surface area contributed by atoms with Gasteiger partial charge >= 0.3 is 0 Å². The first-order chi connectivity index (χ1) is 9.65. The highest BCUT2D eigenvalue weighted by Gasteiger charge is 2.32. The number of hydrogen-bond acceptors (Lipinski definition) is 2. The number of nitrogens with two attached hydrogens (primary N) is 1. The fourth-order valence-corrected chi connectivity index (χ4v) is 3.44. The molecule has 1 amide bonds. The van der Waals surface area contributed by atoms with Crippen molar-refractivity contribution in [2.75, 3.05) is 13.1 Å². The molecule has 1 aromatic carbocycles. The van der Waals surface area contributed by atoms with Gasteiger partial charge in [-0.25, -0.2) is 0 Å². The second-order valence-electron chi connectivity index (χ2n) is 5.48. The van der Waals surface area contributed by atoms with Crippen molar-refractivity contribution in [1.82, 2.24) is 4.90 Å². The van der Waals surface area contributed by atoms with Crippen molar-refractivity contribution in [2.24, 2.45) is 11.7 Å². The largest absolute Gasteiger partial charge is 0.339 e. The van der Waals surface area contributed by atoms with Crippen molar-refractivity contribution < 1.29 is 4.79 Å². The summed E-state index contributed by atoms with van der Waals surface area (Å²) in [6.07, 6.45) is 3.93. The summed E-state index contributed by atoms with van der Waals surface area (Å²) in [5.74, 6) is 0.698. The second kappa shape index (κ2) is 7.23. The molecule has 20 heavy (non-hydrogen) atoms. The monoisotopic (exact) mass is 338 g/mol. The molecule has 2 N–H and O–H groups in total. The molecule has 0 radical (unpaired) electrons. The molecule has 3 nitrogen and oxygen atoms in total. The Morgan fingerprint density at radius 3 is 2.65 bits per heavy atom. The molecule has 0 aliphatic heterocycles. The molecule has 2 atom stereocenters. The molecule has 2 unspecified atom stereocenters. The zero-order valence-electron chi connectivity index (χ0n) is 12.0. The summed E-state index contributed by atoms with van der Waals surface area (Å²) in [5.41, 5.74) is 6.91. The Kier molecular flexibility index (Phi) is 5.61. The molecule has 1 aromatic rings. The summed E-state index contributed by atoms with van der Waals surface area (Å²) in [5, 5.41) is 0. The molecule has 0 bridgehead atoms. The summed E-state index contributed by atoms with van der Waals surface area (Å²) in [4.78, 5) is 14.6. The van der Waals surface area contributed by atoms with Crippen LogP contribution >= 0.6 is 15.9 Å². The number of amides is 1. The Labute approximate surface area is 129 Å². The topological polar surface area (TPSA) is 46.3 Å². The van der Waals surface area contributed by atoms with Crippen LogP contribution in [-0.2, 0) is 11.2 Å². The van der Waals surface area contributed by atoms with Gasteiger partial charge in [0.1, 0.15) is 0 Å². The molecule has 1 aliphatic rings. The zero-order chi connectivity index (χ0) is 14.5. The summed E-state index contributed by atoms with van der Waals surface area (Å²) in [6, 6.07) is 8.32. The summed E-state index contributed by atoms with van der Waals surface area (Å²) in [6.45, 7) is 3.52. The van der Waals surface area contributed by atoms with Gasteiger partial charge in [-0.05, 0) is 49.9 Å². The number of carbonyl (C=O) groups is 1. The lowest BCUT2D eigenvalue weighted by Crippen LogP contribution is -2.44. The van der Waals surface area contributed by atoms with E-state index < -0.39 is 0 Å². The number of nitrogens with zero attached hydrogens (tertiary/aromatic N) is 1. The maximum Gasteiger partial charge on any atom is 0.227 e. The van der Waals surface area contributed by atoms with Crippen LogP contribution in [0.4, 0.5) is 0 Å². The maximum atomic E-state index is 12.6. The molecule has 1 fully saturated rings. The van der Waals surface area contributed by atoms with E-state index in [1.54, 1.807) is 0 Å². The average Bonchev–Trinajstić information content (AvgIpc) is 2.90. The van der Waals surface area contributed by atoms with Crippen LogP contribution in [0.3, 0.4) is 0 Å². The van der Waals surface area contributed by atoms with E-state index in [1.165, 1.54) is 6.42 Å². The predicted molar refractivity (Wildman–Crippen MR) is 85.4 cm³/mol. The number of carbonyl (C=O) groups excluding carboxylic acids is 1. The third-order valence-electron chi connectivity index (χ3n) is 4.25. The van der Waals surface area contributed by atoms with Crippen LogP contribution < -0.4 is 5.73 Å². The fraction of sp³-hybridized carbons (Fsp3) is 0.562. The predicted octanol–water partition coefficient (Wildman–Crippen LogP) is 2.97. The Balaban J connectivity index is 2.03. The molecule has 4 heteroatoms. The third-order valence-corrected chi connectivity index (χ3v) is 4.78. The van der Waals surface area contributed by atoms with Crippen molar-refractivity contribution in [1.29, 1.82) is 0 Å². The van der Waals surface area contributed by atoms with Crippen molar-refractivity contribution in [2.45, 2.75) is 38.6 Å². The van der Waals surface area contributed by atoms with Gasteiger partial charge < -0.3 is 10.6 Å². The Bertz CT molecular complexity index is 446. The number of benzene rings is 1. The second-order valence-corrected chi connectivity index (χ2v) is 6.39. The van der Waals surface area contributed by atoms with Crippen molar-refractivity contribution in [3.63, 3.8) is 0 Å². The van der Waals surface area contributed by atoms with E-state index in [1.807, 2.05) is 29.2 Å². The first-order valence-corrected chi connectivity index (χ1v) is 8.19. The molecule has 1 saturated carbocycles. The van der Waals surface area contributed by atoms with E-state index >= 15 is 0 Å². The van der Waals surface area contributed by atoms with E-state index in [2.05, 4.69) is 22.9 Å². The number of rotatable bonds is 5. The van der Waals surface area contributed by atoms with E-state index in [-0.39, 0.29) is 5.91 Å². The molecular formula is C16H23BrN2O. The van der Waals surface area contributed by atoms with E-state index in [9.17, 15) is 4.79 Å². The number of likely N-dealkylation sites (N-methyl/N-ethyl adjacent to an activating group) is 1. The lowest BCUT2D eigenvalue weighted by atomic mass is 10.0. The van der Waals surface area contributed by atoms with E-state index in [4.69, 9.17) is 5.73 Å². The number of halogens is 1. The normalized spacial score (nSPS) is 21.9. The van der Waals surface area contributed by atoms with Crippen molar-refractivity contribution >= 4 is 21.8 Å². The first kappa shape index (κ1) is 15.5. The molecule has 2 rings (SSSR count). The van der Waals surface area contributed by atoms with Crippen LogP contribution in [0.25, 0.3) is 0 Å². The molecule has 0 heterocycles. The van der Waals surface area contributed by atoms with Gasteiger partial charge in [0.15, 0.2) is 0 Å². The summed E-state index contributed by atoms with van der Waals surface area (Å²) < 4.78 is 1.04.